The molecule has 0 saturated carbocycles. The van der Waals surface area contributed by atoms with Crippen molar-refractivity contribution in [1.82, 2.24) is 10.3 Å². The molecule has 0 bridgehead atoms. The summed E-state index contributed by atoms with van der Waals surface area (Å²) in [6.07, 6.45) is 1.91. The zero-order valence-corrected chi connectivity index (χ0v) is 18.3. The summed E-state index contributed by atoms with van der Waals surface area (Å²) in [5.41, 5.74) is -0.472. The summed E-state index contributed by atoms with van der Waals surface area (Å²) in [7, 11) is 0. The van der Waals surface area contributed by atoms with Crippen LogP contribution in [0, 0.1) is 11.8 Å². The Morgan fingerprint density at radius 1 is 1.40 bits per heavy atom. The van der Waals surface area contributed by atoms with E-state index in [2.05, 4.69) is 54.0 Å². The second kappa shape index (κ2) is 8.43. The molecular formula is C18H18Br2N2O2S. The van der Waals surface area contributed by atoms with Crippen molar-refractivity contribution in [2.45, 2.75) is 31.7 Å². The minimum Gasteiger partial charge on any atom is -0.459 e. The maximum atomic E-state index is 11.6. The van der Waals surface area contributed by atoms with Gasteiger partial charge in [0.05, 0.1) is 9.99 Å². The first kappa shape index (κ1) is 20.1. The van der Waals surface area contributed by atoms with Gasteiger partial charge in [0.1, 0.15) is 5.54 Å². The lowest BCUT2D eigenvalue weighted by Crippen LogP contribution is -2.53. The Bertz CT molecular complexity index is 863. The van der Waals surface area contributed by atoms with Crippen molar-refractivity contribution < 1.29 is 9.53 Å². The summed E-state index contributed by atoms with van der Waals surface area (Å²) >= 11 is 8.50. The van der Waals surface area contributed by atoms with E-state index >= 15 is 0 Å². The monoisotopic (exact) mass is 484 g/mol. The number of hydrogen-bond acceptors (Lipinski definition) is 4. The number of thioether (sulfide) groups is 1. The Hall–Kier alpha value is -1.23. The van der Waals surface area contributed by atoms with E-state index in [1.807, 2.05) is 37.4 Å². The van der Waals surface area contributed by atoms with Gasteiger partial charge in [-0.15, -0.1) is 17.7 Å². The fourth-order valence-electron chi connectivity index (χ4n) is 2.48. The largest absolute Gasteiger partial charge is 0.459 e. The normalized spacial score (nSPS) is 14.2. The first-order valence-corrected chi connectivity index (χ1v) is 10.3. The summed E-state index contributed by atoms with van der Waals surface area (Å²) in [5, 5.41) is 3.88. The Morgan fingerprint density at radius 2 is 2.12 bits per heavy atom. The maximum Gasteiger partial charge on any atom is 0.229 e. The van der Waals surface area contributed by atoms with Crippen molar-refractivity contribution in [2.75, 3.05) is 6.26 Å². The summed E-state index contributed by atoms with van der Waals surface area (Å²) in [5.74, 6) is 6.21. The second-order valence-electron chi connectivity index (χ2n) is 5.53. The Balaban J connectivity index is 2.45. The van der Waals surface area contributed by atoms with Crippen molar-refractivity contribution in [3.05, 3.63) is 33.2 Å². The molecule has 132 valence electrons. The van der Waals surface area contributed by atoms with Crippen molar-refractivity contribution in [1.29, 1.82) is 0 Å². The van der Waals surface area contributed by atoms with E-state index in [-0.39, 0.29) is 5.91 Å². The lowest BCUT2D eigenvalue weighted by molar-refractivity contribution is -0.120. The number of ether oxygens (including phenoxy) is 1. The van der Waals surface area contributed by atoms with Crippen LogP contribution in [0.5, 0.6) is 5.88 Å². The van der Waals surface area contributed by atoms with Gasteiger partial charge in [-0.05, 0) is 64.1 Å². The molecule has 2 rings (SSSR count). The van der Waals surface area contributed by atoms with Crippen molar-refractivity contribution in [2.24, 2.45) is 0 Å². The number of para-hydroxylation sites is 1. The number of aromatic nitrogens is 1. The number of carbonyl (C=O) groups excluding carboxylic acids is 1. The molecule has 1 aromatic carbocycles. The molecular weight excluding hydrogens is 468 g/mol. The van der Waals surface area contributed by atoms with Crippen molar-refractivity contribution >= 4 is 60.4 Å². The van der Waals surface area contributed by atoms with Crippen LogP contribution in [0.4, 0.5) is 0 Å². The third-order valence-electron chi connectivity index (χ3n) is 3.44. The molecule has 1 aromatic heterocycles. The van der Waals surface area contributed by atoms with Gasteiger partial charge in [0.15, 0.2) is 5.44 Å². The van der Waals surface area contributed by atoms with Gasteiger partial charge in [0, 0.05) is 16.8 Å². The smallest absolute Gasteiger partial charge is 0.229 e. The molecule has 1 N–H and O–H groups in total. The number of carbonyl (C=O) groups is 1. The lowest BCUT2D eigenvalue weighted by Gasteiger charge is -2.32. The minimum atomic E-state index is -0.843. The van der Waals surface area contributed by atoms with E-state index in [0.717, 1.165) is 19.8 Å². The highest BCUT2D eigenvalue weighted by Crippen LogP contribution is 2.34. The van der Waals surface area contributed by atoms with E-state index < -0.39 is 11.0 Å². The van der Waals surface area contributed by atoms with Crippen LogP contribution in [0.25, 0.3) is 10.9 Å². The van der Waals surface area contributed by atoms with Crippen LogP contribution in [0.15, 0.2) is 33.2 Å². The molecule has 0 aliphatic rings. The average Bonchev–Trinajstić information content (AvgIpc) is 2.52. The number of fused-ring (bicyclic) bond motifs is 1. The van der Waals surface area contributed by atoms with Crippen LogP contribution in [0.3, 0.4) is 0 Å². The van der Waals surface area contributed by atoms with Gasteiger partial charge in [0.2, 0.25) is 11.8 Å². The molecule has 1 amide bonds. The fourth-order valence-corrected chi connectivity index (χ4v) is 4.16. The van der Waals surface area contributed by atoms with Crippen LogP contribution < -0.4 is 10.1 Å². The number of pyridine rings is 1. The molecule has 2 unspecified atom stereocenters. The molecule has 0 saturated heterocycles. The average molecular weight is 486 g/mol. The molecule has 2 aromatic rings. The summed E-state index contributed by atoms with van der Waals surface area (Å²) in [6.45, 7) is 5.05. The summed E-state index contributed by atoms with van der Waals surface area (Å²) < 4.78 is 7.78. The van der Waals surface area contributed by atoms with Gasteiger partial charge in [0.25, 0.3) is 0 Å². The Labute approximate surface area is 168 Å². The molecule has 25 heavy (non-hydrogen) atoms. The first-order chi connectivity index (χ1) is 11.8. The van der Waals surface area contributed by atoms with Gasteiger partial charge in [-0.1, -0.05) is 18.1 Å². The van der Waals surface area contributed by atoms with E-state index in [1.54, 1.807) is 6.92 Å². The van der Waals surface area contributed by atoms with E-state index in [1.165, 1.54) is 18.7 Å². The van der Waals surface area contributed by atoms with E-state index in [9.17, 15) is 4.79 Å². The zero-order valence-electron chi connectivity index (χ0n) is 14.3. The zero-order chi connectivity index (χ0) is 18.6. The first-order valence-electron chi connectivity index (χ1n) is 7.47. The van der Waals surface area contributed by atoms with Crippen LogP contribution in [-0.4, -0.2) is 28.1 Å². The van der Waals surface area contributed by atoms with Crippen molar-refractivity contribution in [3.63, 3.8) is 0 Å². The Kier molecular flexibility index (Phi) is 6.78. The molecule has 0 fully saturated rings. The number of halogens is 2. The van der Waals surface area contributed by atoms with Gasteiger partial charge in [-0.3, -0.25) is 4.79 Å². The van der Waals surface area contributed by atoms with Gasteiger partial charge >= 0.3 is 0 Å². The standard InChI is InChI=1S/C18H18Br2N2O2S/c1-5-9-18(3,22-11(2)23)17(25-4)24-16-14(20)10-12-7-6-8-13(19)15(12)21-16/h6-8,10,17H,1-4H3,(H,22,23). The maximum absolute atomic E-state index is 11.6. The number of benzene rings is 1. The quantitative estimate of drug-likeness (QED) is 0.490. The minimum absolute atomic E-state index is 0.166. The fraction of sp³-hybridized carbons (Fsp3) is 0.333. The molecule has 0 aliphatic heterocycles. The van der Waals surface area contributed by atoms with Gasteiger partial charge in [-0.2, -0.15) is 0 Å². The number of nitrogens with one attached hydrogen (secondary N) is 1. The lowest BCUT2D eigenvalue weighted by atomic mass is 10.0. The second-order valence-corrected chi connectivity index (χ2v) is 8.14. The molecule has 0 radical (unpaired) electrons. The third-order valence-corrected chi connectivity index (χ3v) is 5.65. The van der Waals surface area contributed by atoms with E-state index in [4.69, 9.17) is 4.74 Å². The van der Waals surface area contributed by atoms with E-state index in [0.29, 0.717) is 5.88 Å². The SMILES string of the molecule is CC#CC(C)(NC(C)=O)C(Oc1nc2c(Br)cccc2cc1Br)SC. The summed E-state index contributed by atoms with van der Waals surface area (Å²) in [4.78, 5) is 16.2. The molecule has 7 heteroatoms. The number of amides is 1. The topological polar surface area (TPSA) is 51.2 Å². The number of nitrogens with zero attached hydrogens (tertiary/aromatic N) is 1. The van der Waals surface area contributed by atoms with Crippen LogP contribution in [0.1, 0.15) is 20.8 Å². The van der Waals surface area contributed by atoms with Crippen LogP contribution >= 0.6 is 43.6 Å². The van der Waals surface area contributed by atoms with Gasteiger partial charge < -0.3 is 10.1 Å². The van der Waals surface area contributed by atoms with Crippen LogP contribution in [-0.2, 0) is 4.79 Å². The molecule has 1 heterocycles. The van der Waals surface area contributed by atoms with Crippen LogP contribution in [0.2, 0.25) is 0 Å². The molecule has 0 spiro atoms. The molecule has 0 aliphatic carbocycles. The number of rotatable bonds is 5. The predicted octanol–water partition coefficient (Wildman–Crippen LogP) is 4.75. The highest BCUT2D eigenvalue weighted by Gasteiger charge is 2.36. The molecule has 4 nitrogen and oxygen atoms in total. The third kappa shape index (κ3) is 4.69. The highest BCUT2D eigenvalue weighted by molar-refractivity contribution is 9.11. The number of hydrogen-bond donors (Lipinski definition) is 1. The van der Waals surface area contributed by atoms with Gasteiger partial charge in [-0.25, -0.2) is 4.98 Å². The molecule has 2 atom stereocenters. The summed E-state index contributed by atoms with van der Waals surface area (Å²) in [6, 6.07) is 7.83. The predicted molar refractivity (Wildman–Crippen MR) is 111 cm³/mol. The highest BCUT2D eigenvalue weighted by atomic mass is 79.9. The van der Waals surface area contributed by atoms with Crippen molar-refractivity contribution in [3.8, 4) is 17.7 Å². The Morgan fingerprint density at radius 3 is 2.72 bits per heavy atom.